The van der Waals surface area contributed by atoms with Crippen LogP contribution in [0.4, 0.5) is 8.78 Å². The minimum Gasteiger partial charge on any atom is -0.490 e. The fourth-order valence-corrected chi connectivity index (χ4v) is 1.61. The second-order valence-electron chi connectivity index (χ2n) is 4.13. The predicted octanol–water partition coefficient (Wildman–Crippen LogP) is 3.02. The van der Waals surface area contributed by atoms with E-state index in [0.29, 0.717) is 6.61 Å². The van der Waals surface area contributed by atoms with Gasteiger partial charge < -0.3 is 15.7 Å². The van der Waals surface area contributed by atoms with Crippen LogP contribution in [-0.2, 0) is 0 Å². The van der Waals surface area contributed by atoms with Crippen LogP contribution in [0, 0.1) is 11.6 Å². The summed E-state index contributed by atoms with van der Waals surface area (Å²) >= 11 is 0. The van der Waals surface area contributed by atoms with E-state index < -0.39 is 17.5 Å². The van der Waals surface area contributed by atoms with Gasteiger partial charge in [-0.2, -0.15) is 4.39 Å². The Balaban J connectivity index is 2.69. The van der Waals surface area contributed by atoms with E-state index >= 15 is 0 Å². The minimum absolute atomic E-state index is 0.163. The summed E-state index contributed by atoms with van der Waals surface area (Å²) in [7, 11) is 0. The second kappa shape index (κ2) is 7.56. The van der Waals surface area contributed by atoms with Crippen LogP contribution in [0.5, 0.6) is 5.75 Å². The zero-order chi connectivity index (χ0) is 14.3. The molecule has 0 heterocycles. The number of nitrogens with zero attached hydrogens (tertiary/aromatic N) is 1. The van der Waals surface area contributed by atoms with Crippen LogP contribution in [0.2, 0.25) is 0 Å². The third kappa shape index (κ3) is 4.08. The average molecular weight is 272 g/mol. The van der Waals surface area contributed by atoms with Gasteiger partial charge in [-0.15, -0.1) is 0 Å². The van der Waals surface area contributed by atoms with Gasteiger partial charge in [-0.25, -0.2) is 4.39 Å². The average Bonchev–Trinajstić information content (AvgIpc) is 2.42. The molecule has 0 spiro atoms. The van der Waals surface area contributed by atoms with E-state index in [1.54, 1.807) is 0 Å². The normalized spacial score (nSPS) is 11.6. The molecular weight excluding hydrogens is 254 g/mol. The van der Waals surface area contributed by atoms with Crippen molar-refractivity contribution < 1.29 is 18.7 Å². The van der Waals surface area contributed by atoms with E-state index in [-0.39, 0.29) is 11.3 Å². The van der Waals surface area contributed by atoms with E-state index in [9.17, 15) is 8.78 Å². The van der Waals surface area contributed by atoms with Crippen LogP contribution >= 0.6 is 0 Å². The summed E-state index contributed by atoms with van der Waals surface area (Å²) in [6, 6.07) is 2.49. The molecule has 0 radical (unpaired) electrons. The highest BCUT2D eigenvalue weighted by molar-refractivity contribution is 5.97. The summed E-state index contributed by atoms with van der Waals surface area (Å²) < 4.78 is 32.4. The number of halogens is 2. The van der Waals surface area contributed by atoms with Crippen molar-refractivity contribution in [3.8, 4) is 5.75 Å². The van der Waals surface area contributed by atoms with Crippen molar-refractivity contribution in [2.75, 3.05) is 6.61 Å². The first-order valence-electron chi connectivity index (χ1n) is 6.20. The van der Waals surface area contributed by atoms with Crippen molar-refractivity contribution in [1.82, 2.24) is 0 Å². The van der Waals surface area contributed by atoms with Gasteiger partial charge in [0.1, 0.15) is 0 Å². The molecule has 0 fully saturated rings. The van der Waals surface area contributed by atoms with E-state index in [1.165, 1.54) is 12.1 Å². The Hall–Kier alpha value is -1.85. The molecule has 1 aromatic rings. The van der Waals surface area contributed by atoms with Gasteiger partial charge in [0.15, 0.2) is 17.4 Å². The topological polar surface area (TPSA) is 67.8 Å². The number of hydrogen-bond acceptors (Lipinski definition) is 3. The molecule has 19 heavy (non-hydrogen) atoms. The molecule has 0 aromatic heterocycles. The monoisotopic (exact) mass is 272 g/mol. The summed E-state index contributed by atoms with van der Waals surface area (Å²) in [4.78, 5) is 0. The molecule has 4 nitrogen and oxygen atoms in total. The third-order valence-corrected chi connectivity index (χ3v) is 2.69. The molecule has 0 amide bonds. The smallest absolute Gasteiger partial charge is 0.201 e. The van der Waals surface area contributed by atoms with Gasteiger partial charge in [-0.05, 0) is 18.6 Å². The molecule has 0 saturated carbocycles. The molecule has 0 saturated heterocycles. The molecule has 1 aromatic carbocycles. The molecule has 0 aliphatic carbocycles. The number of oxime groups is 1. The number of rotatable bonds is 7. The van der Waals surface area contributed by atoms with Gasteiger partial charge in [0, 0.05) is 0 Å². The zero-order valence-corrected chi connectivity index (χ0v) is 10.8. The molecule has 0 bridgehead atoms. The molecule has 0 aliphatic rings. The number of benzene rings is 1. The Morgan fingerprint density at radius 3 is 2.63 bits per heavy atom. The van der Waals surface area contributed by atoms with Crippen molar-refractivity contribution in [2.24, 2.45) is 10.9 Å². The van der Waals surface area contributed by atoms with Crippen LogP contribution in [0.15, 0.2) is 17.3 Å². The maximum absolute atomic E-state index is 13.6. The first-order valence-corrected chi connectivity index (χ1v) is 6.20. The van der Waals surface area contributed by atoms with Crippen molar-refractivity contribution in [3.63, 3.8) is 0 Å². The summed E-state index contributed by atoms with van der Waals surface area (Å²) in [6.07, 6.45) is 3.96. The summed E-state index contributed by atoms with van der Waals surface area (Å²) in [5.74, 6) is -2.95. The van der Waals surface area contributed by atoms with Crippen LogP contribution < -0.4 is 10.5 Å². The van der Waals surface area contributed by atoms with Gasteiger partial charge in [0.05, 0.1) is 12.2 Å². The van der Waals surface area contributed by atoms with Crippen LogP contribution in [0.1, 0.15) is 38.2 Å². The van der Waals surface area contributed by atoms with E-state index in [2.05, 4.69) is 12.1 Å². The molecule has 0 aliphatic heterocycles. The minimum atomic E-state index is -1.18. The van der Waals surface area contributed by atoms with E-state index in [4.69, 9.17) is 15.7 Å². The van der Waals surface area contributed by atoms with E-state index in [0.717, 1.165) is 25.7 Å². The summed E-state index contributed by atoms with van der Waals surface area (Å²) in [5, 5.41) is 11.1. The fourth-order valence-electron chi connectivity index (χ4n) is 1.61. The zero-order valence-electron chi connectivity index (χ0n) is 10.8. The lowest BCUT2D eigenvalue weighted by Gasteiger charge is -2.09. The molecule has 106 valence electrons. The Labute approximate surface area is 110 Å². The highest BCUT2D eigenvalue weighted by Gasteiger charge is 2.16. The van der Waals surface area contributed by atoms with Gasteiger partial charge in [0.2, 0.25) is 5.82 Å². The summed E-state index contributed by atoms with van der Waals surface area (Å²) in [5.41, 5.74) is 4.93. The van der Waals surface area contributed by atoms with Crippen LogP contribution in [-0.4, -0.2) is 17.6 Å². The fraction of sp³-hybridized carbons (Fsp3) is 0.462. The molecule has 6 heteroatoms. The number of nitrogens with two attached hydrogens (primary N) is 1. The second-order valence-corrected chi connectivity index (χ2v) is 4.13. The Bertz CT molecular complexity index is 451. The Kier molecular flexibility index (Phi) is 6.05. The molecule has 0 atom stereocenters. The Morgan fingerprint density at radius 1 is 1.26 bits per heavy atom. The van der Waals surface area contributed by atoms with Crippen molar-refractivity contribution >= 4 is 5.84 Å². The highest BCUT2D eigenvalue weighted by Crippen LogP contribution is 2.23. The van der Waals surface area contributed by atoms with Crippen molar-refractivity contribution in [2.45, 2.75) is 32.6 Å². The van der Waals surface area contributed by atoms with Crippen molar-refractivity contribution in [1.29, 1.82) is 0 Å². The number of unbranched alkanes of at least 4 members (excludes halogenated alkanes) is 3. The summed E-state index contributed by atoms with van der Waals surface area (Å²) in [6.45, 7) is 2.42. The lowest BCUT2D eigenvalue weighted by Crippen LogP contribution is -2.16. The van der Waals surface area contributed by atoms with Gasteiger partial charge >= 0.3 is 0 Å². The first-order chi connectivity index (χ1) is 9.11. The lowest BCUT2D eigenvalue weighted by atomic mass is 10.1. The van der Waals surface area contributed by atoms with Crippen molar-refractivity contribution in [3.05, 3.63) is 29.3 Å². The number of ether oxygens (including phenoxy) is 1. The van der Waals surface area contributed by atoms with E-state index in [1.807, 2.05) is 0 Å². The van der Waals surface area contributed by atoms with Crippen LogP contribution in [0.3, 0.4) is 0 Å². The maximum Gasteiger partial charge on any atom is 0.201 e. The molecule has 0 unspecified atom stereocenters. The number of amidine groups is 1. The van der Waals surface area contributed by atoms with Gasteiger partial charge in [0.25, 0.3) is 0 Å². The van der Waals surface area contributed by atoms with Gasteiger partial charge in [-0.1, -0.05) is 31.3 Å². The molecule has 1 rings (SSSR count). The predicted molar refractivity (Wildman–Crippen MR) is 68.5 cm³/mol. The first kappa shape index (κ1) is 15.2. The maximum atomic E-state index is 13.6. The number of hydrogen-bond donors (Lipinski definition) is 2. The SMILES string of the molecule is CCCCCCOc1ccc(C(N)=NO)c(F)c1F. The third-order valence-electron chi connectivity index (χ3n) is 2.69. The lowest BCUT2D eigenvalue weighted by molar-refractivity contribution is 0.285. The largest absolute Gasteiger partial charge is 0.490 e. The standard InChI is InChI=1S/C13H18F2N2O2/c1-2-3-4-5-8-19-10-7-6-9(13(16)17-18)11(14)12(10)15/h6-7,18H,2-5,8H2,1H3,(H2,16,17). The Morgan fingerprint density at radius 2 is 2.00 bits per heavy atom. The molecular formula is C13H18F2N2O2. The highest BCUT2D eigenvalue weighted by atomic mass is 19.2. The molecule has 3 N–H and O–H groups in total. The quantitative estimate of drug-likeness (QED) is 0.263. The van der Waals surface area contributed by atoms with Crippen LogP contribution in [0.25, 0.3) is 0 Å². The van der Waals surface area contributed by atoms with Gasteiger partial charge in [-0.3, -0.25) is 0 Å².